The molecule has 1 aromatic carbocycles. The minimum absolute atomic E-state index is 0.0861. The number of aliphatic carboxylic acids is 1. The first kappa shape index (κ1) is 31.4. The number of benzene rings is 1. The second-order valence-electron chi connectivity index (χ2n) is 10.9. The Morgan fingerprint density at radius 2 is 1.83 bits per heavy atom. The Bertz CT molecular complexity index is 1260. The molecule has 13 heteroatoms. The standard InChI is InChI=1S/C28H42N8O5/c1-16(2)13-19(29)24(37)34-21(9-5-11-32-28(30)31)25(38)35-22(26(39)36-12-6-10-23(36)27(40)41)14-17-15-33-20-8-4-3-7-18(17)20/h3-4,7-8,15-16,19,21-23,33H,5-6,9-14,29H2,1-2H3,(H,34,37)(H,35,38)(H,40,41)(H4,30,31,32). The maximum Gasteiger partial charge on any atom is 0.326 e. The van der Waals surface area contributed by atoms with Gasteiger partial charge in [0.15, 0.2) is 5.96 Å². The normalized spacial score (nSPS) is 17.2. The van der Waals surface area contributed by atoms with Gasteiger partial charge in [0.25, 0.3) is 0 Å². The maximum atomic E-state index is 13.8. The van der Waals surface area contributed by atoms with Crippen molar-refractivity contribution in [3.8, 4) is 0 Å². The molecule has 3 rings (SSSR count). The van der Waals surface area contributed by atoms with Gasteiger partial charge in [-0.15, -0.1) is 0 Å². The van der Waals surface area contributed by atoms with Crippen LogP contribution in [0.2, 0.25) is 0 Å². The summed E-state index contributed by atoms with van der Waals surface area (Å²) in [6.07, 6.45) is 3.79. The molecule has 1 aliphatic heterocycles. The second-order valence-corrected chi connectivity index (χ2v) is 10.9. The third-order valence-electron chi connectivity index (χ3n) is 7.17. The van der Waals surface area contributed by atoms with Gasteiger partial charge in [0.1, 0.15) is 18.1 Å². The summed E-state index contributed by atoms with van der Waals surface area (Å²) >= 11 is 0. The second kappa shape index (κ2) is 14.5. The van der Waals surface area contributed by atoms with E-state index < -0.39 is 47.9 Å². The zero-order chi connectivity index (χ0) is 30.1. The summed E-state index contributed by atoms with van der Waals surface area (Å²) in [6, 6.07) is 3.71. The van der Waals surface area contributed by atoms with Crippen molar-refractivity contribution < 1.29 is 24.3 Å². The van der Waals surface area contributed by atoms with Crippen LogP contribution < -0.4 is 27.8 Å². The highest BCUT2D eigenvalue weighted by Crippen LogP contribution is 2.23. The minimum Gasteiger partial charge on any atom is -0.480 e. The third kappa shape index (κ3) is 8.68. The van der Waals surface area contributed by atoms with Crippen LogP contribution in [0.25, 0.3) is 10.9 Å². The molecule has 41 heavy (non-hydrogen) atoms. The van der Waals surface area contributed by atoms with Crippen LogP contribution in [0.5, 0.6) is 0 Å². The first-order valence-electron chi connectivity index (χ1n) is 14.0. The molecule has 1 saturated heterocycles. The van der Waals surface area contributed by atoms with E-state index in [0.29, 0.717) is 25.7 Å². The van der Waals surface area contributed by atoms with E-state index in [9.17, 15) is 24.3 Å². The van der Waals surface area contributed by atoms with Gasteiger partial charge < -0.3 is 42.8 Å². The van der Waals surface area contributed by atoms with Crippen LogP contribution in [-0.4, -0.2) is 81.9 Å². The van der Waals surface area contributed by atoms with E-state index in [0.717, 1.165) is 16.5 Å². The van der Waals surface area contributed by atoms with E-state index in [1.807, 2.05) is 38.1 Å². The number of aromatic amines is 1. The van der Waals surface area contributed by atoms with Crippen molar-refractivity contribution in [2.24, 2.45) is 28.1 Å². The molecule has 0 bridgehead atoms. The lowest BCUT2D eigenvalue weighted by molar-refractivity contribution is -0.149. The number of aliphatic imine (C=N–C) groups is 1. The summed E-state index contributed by atoms with van der Waals surface area (Å²) < 4.78 is 0. The van der Waals surface area contributed by atoms with Gasteiger partial charge >= 0.3 is 5.97 Å². The van der Waals surface area contributed by atoms with Gasteiger partial charge in [0.2, 0.25) is 17.7 Å². The van der Waals surface area contributed by atoms with Crippen LogP contribution in [0, 0.1) is 5.92 Å². The van der Waals surface area contributed by atoms with Crippen molar-refractivity contribution >= 4 is 40.6 Å². The highest BCUT2D eigenvalue weighted by Gasteiger charge is 2.38. The summed E-state index contributed by atoms with van der Waals surface area (Å²) in [6.45, 7) is 4.40. The number of carbonyl (C=O) groups is 4. The number of guanidine groups is 1. The van der Waals surface area contributed by atoms with E-state index in [1.54, 1.807) is 6.20 Å². The quantitative estimate of drug-likeness (QED) is 0.0940. The Morgan fingerprint density at radius 1 is 1.12 bits per heavy atom. The Morgan fingerprint density at radius 3 is 2.51 bits per heavy atom. The zero-order valence-electron chi connectivity index (χ0n) is 23.6. The number of hydrogen-bond donors (Lipinski definition) is 7. The number of H-pyrrole nitrogens is 1. The number of nitrogens with two attached hydrogens (primary N) is 3. The molecule has 1 fully saturated rings. The van der Waals surface area contributed by atoms with Crippen LogP contribution >= 0.6 is 0 Å². The number of para-hydroxylation sites is 1. The lowest BCUT2D eigenvalue weighted by Gasteiger charge is -2.29. The lowest BCUT2D eigenvalue weighted by atomic mass is 10.0. The average Bonchev–Trinajstić information content (AvgIpc) is 3.57. The molecule has 4 unspecified atom stereocenters. The summed E-state index contributed by atoms with van der Waals surface area (Å²) in [5.74, 6) is -2.55. The molecule has 224 valence electrons. The minimum atomic E-state index is -1.09. The molecular weight excluding hydrogens is 528 g/mol. The first-order valence-corrected chi connectivity index (χ1v) is 14.0. The number of carboxylic acid groups (broad SMARTS) is 1. The summed E-state index contributed by atoms with van der Waals surface area (Å²) in [4.78, 5) is 60.5. The molecule has 2 aromatic rings. The van der Waals surface area contributed by atoms with Gasteiger partial charge in [-0.25, -0.2) is 4.79 Å². The number of hydrogen-bond acceptors (Lipinski definition) is 6. The van der Waals surface area contributed by atoms with Gasteiger partial charge in [-0.1, -0.05) is 32.0 Å². The molecule has 1 aliphatic rings. The van der Waals surface area contributed by atoms with Crippen molar-refractivity contribution in [3.63, 3.8) is 0 Å². The van der Waals surface area contributed by atoms with Crippen molar-refractivity contribution in [1.29, 1.82) is 0 Å². The molecule has 0 saturated carbocycles. The van der Waals surface area contributed by atoms with Gasteiger partial charge in [0, 0.05) is 36.6 Å². The number of carboxylic acids is 1. The van der Waals surface area contributed by atoms with Gasteiger partial charge in [-0.3, -0.25) is 19.4 Å². The summed E-state index contributed by atoms with van der Waals surface area (Å²) in [5.41, 5.74) is 18.5. The number of fused-ring (bicyclic) bond motifs is 1. The van der Waals surface area contributed by atoms with Crippen LogP contribution in [0.15, 0.2) is 35.5 Å². The third-order valence-corrected chi connectivity index (χ3v) is 7.17. The number of amides is 3. The van der Waals surface area contributed by atoms with Crippen LogP contribution in [0.3, 0.4) is 0 Å². The lowest BCUT2D eigenvalue weighted by Crippen LogP contribution is -2.57. The number of likely N-dealkylation sites (tertiary alicyclic amines) is 1. The number of aromatic nitrogens is 1. The molecule has 2 heterocycles. The molecule has 10 N–H and O–H groups in total. The van der Waals surface area contributed by atoms with Crippen molar-refractivity contribution in [1.82, 2.24) is 20.5 Å². The molecule has 4 atom stereocenters. The Balaban J connectivity index is 1.86. The Kier molecular flexibility index (Phi) is 11.1. The van der Waals surface area contributed by atoms with E-state index >= 15 is 0 Å². The molecule has 13 nitrogen and oxygen atoms in total. The van der Waals surface area contributed by atoms with Gasteiger partial charge in [0.05, 0.1) is 6.04 Å². The fourth-order valence-electron chi connectivity index (χ4n) is 5.15. The zero-order valence-corrected chi connectivity index (χ0v) is 23.6. The summed E-state index contributed by atoms with van der Waals surface area (Å²) in [5, 5.41) is 16.1. The monoisotopic (exact) mass is 570 g/mol. The highest BCUT2D eigenvalue weighted by molar-refractivity contribution is 5.95. The van der Waals surface area contributed by atoms with Crippen molar-refractivity contribution in [2.45, 2.75) is 76.5 Å². The average molecular weight is 571 g/mol. The first-order chi connectivity index (χ1) is 19.5. The molecule has 3 amide bonds. The predicted molar refractivity (Wildman–Crippen MR) is 156 cm³/mol. The molecule has 0 aliphatic carbocycles. The Labute approximate surface area is 239 Å². The van der Waals surface area contributed by atoms with Crippen molar-refractivity contribution in [2.75, 3.05) is 13.1 Å². The number of carbonyl (C=O) groups excluding carboxylic acids is 3. The molecule has 1 aromatic heterocycles. The van der Waals surface area contributed by atoms with Crippen LogP contribution in [0.1, 0.15) is 51.5 Å². The Hall–Kier alpha value is -4.13. The highest BCUT2D eigenvalue weighted by atomic mass is 16.4. The van der Waals surface area contributed by atoms with Crippen LogP contribution in [0.4, 0.5) is 0 Å². The predicted octanol–water partition coefficient (Wildman–Crippen LogP) is 0.183. The smallest absolute Gasteiger partial charge is 0.326 e. The fraction of sp³-hybridized carbons (Fsp3) is 0.536. The number of nitrogens with zero attached hydrogens (tertiary/aromatic N) is 2. The SMILES string of the molecule is CC(C)CC(N)C(=O)NC(CCCN=C(N)N)C(=O)NC(Cc1c[nH]c2ccccc12)C(=O)N1CCCC1C(=O)O. The topological polar surface area (TPSA) is 222 Å². The fourth-order valence-corrected chi connectivity index (χ4v) is 5.15. The van der Waals surface area contributed by atoms with Gasteiger partial charge in [-0.2, -0.15) is 0 Å². The number of rotatable bonds is 14. The van der Waals surface area contributed by atoms with Gasteiger partial charge in [-0.05, 0) is 49.7 Å². The van der Waals surface area contributed by atoms with Crippen LogP contribution in [-0.2, 0) is 25.6 Å². The maximum absolute atomic E-state index is 13.8. The summed E-state index contributed by atoms with van der Waals surface area (Å²) in [7, 11) is 0. The van der Waals surface area contributed by atoms with E-state index in [1.165, 1.54) is 4.90 Å². The van der Waals surface area contributed by atoms with E-state index in [2.05, 4.69) is 20.6 Å². The molecular formula is C28H42N8O5. The van der Waals surface area contributed by atoms with E-state index in [4.69, 9.17) is 17.2 Å². The van der Waals surface area contributed by atoms with Crippen molar-refractivity contribution in [3.05, 3.63) is 36.0 Å². The molecule has 0 spiro atoms. The van der Waals surface area contributed by atoms with E-state index in [-0.39, 0.29) is 37.8 Å². The largest absolute Gasteiger partial charge is 0.480 e. The number of nitrogens with one attached hydrogen (secondary N) is 3. The molecule has 0 radical (unpaired) electrons.